The van der Waals surface area contributed by atoms with Crippen LogP contribution >= 0.6 is 0 Å². The number of carbonyl (C=O) groups is 1. The fourth-order valence-electron chi connectivity index (χ4n) is 2.93. The van der Waals surface area contributed by atoms with E-state index in [0.29, 0.717) is 17.1 Å². The van der Waals surface area contributed by atoms with Crippen molar-refractivity contribution in [3.63, 3.8) is 0 Å². The predicted octanol–water partition coefficient (Wildman–Crippen LogP) is 2.29. The maximum Gasteiger partial charge on any atom is 0.419 e. The lowest BCUT2D eigenvalue weighted by Gasteiger charge is -2.17. The summed E-state index contributed by atoms with van der Waals surface area (Å²) in [5.41, 5.74) is 3.90. The van der Waals surface area contributed by atoms with Gasteiger partial charge in [-0.15, -0.1) is 0 Å². The van der Waals surface area contributed by atoms with Gasteiger partial charge in [-0.05, 0) is 23.8 Å². The number of alkyl halides is 3. The molecule has 1 amide bonds. The van der Waals surface area contributed by atoms with Crippen LogP contribution in [0.2, 0.25) is 0 Å². The molecule has 3 aromatic rings. The molecule has 0 saturated heterocycles. The van der Waals surface area contributed by atoms with Crippen molar-refractivity contribution < 1.29 is 30.8 Å². The maximum atomic E-state index is 14.2. The van der Waals surface area contributed by atoms with Gasteiger partial charge in [0, 0.05) is 11.8 Å². The number of nitrogens with zero attached hydrogens (tertiary/aromatic N) is 2. The number of halogens is 4. The molecule has 2 aromatic carbocycles. The molecular weight excluding hydrogens is 428 g/mol. The Labute approximate surface area is 168 Å². The lowest BCUT2D eigenvalue weighted by molar-refractivity contribution is -0.137. The van der Waals surface area contributed by atoms with Crippen molar-refractivity contribution >= 4 is 15.9 Å². The summed E-state index contributed by atoms with van der Waals surface area (Å²) in [7, 11) is -4.47. The highest BCUT2D eigenvalue weighted by atomic mass is 32.2. The van der Waals surface area contributed by atoms with Gasteiger partial charge in [-0.2, -0.15) is 18.3 Å². The number of carbonyl (C=O) groups excluding carboxylic acids is 1. The van der Waals surface area contributed by atoms with E-state index in [2.05, 4.69) is 5.10 Å². The van der Waals surface area contributed by atoms with Gasteiger partial charge in [0.2, 0.25) is 15.9 Å². The van der Waals surface area contributed by atoms with Crippen molar-refractivity contribution in [2.45, 2.75) is 17.0 Å². The maximum absolute atomic E-state index is 14.2. The van der Waals surface area contributed by atoms with Gasteiger partial charge >= 0.3 is 6.18 Å². The Morgan fingerprint density at radius 2 is 1.80 bits per heavy atom. The van der Waals surface area contributed by atoms with Crippen LogP contribution in [-0.2, 0) is 21.0 Å². The van der Waals surface area contributed by atoms with E-state index in [4.69, 9.17) is 10.9 Å². The van der Waals surface area contributed by atoms with Crippen LogP contribution in [0.5, 0.6) is 0 Å². The van der Waals surface area contributed by atoms with Gasteiger partial charge in [0.25, 0.3) is 0 Å². The molecule has 30 heavy (non-hydrogen) atoms. The quantitative estimate of drug-likeness (QED) is 0.589. The molecule has 0 radical (unpaired) electrons. The van der Waals surface area contributed by atoms with Crippen molar-refractivity contribution in [2.24, 2.45) is 10.9 Å². The van der Waals surface area contributed by atoms with Crippen LogP contribution in [-0.4, -0.2) is 24.1 Å². The average Bonchev–Trinajstić information content (AvgIpc) is 3.13. The number of primary sulfonamides is 1. The summed E-state index contributed by atoms with van der Waals surface area (Å²) in [5, 5.41) is 8.75. The molecule has 0 spiro atoms. The summed E-state index contributed by atoms with van der Waals surface area (Å²) in [5.74, 6) is -3.07. The van der Waals surface area contributed by atoms with Gasteiger partial charge < -0.3 is 5.73 Å². The highest BCUT2D eigenvalue weighted by Gasteiger charge is 2.33. The smallest absolute Gasteiger partial charge is 0.369 e. The summed E-state index contributed by atoms with van der Waals surface area (Å²) in [6, 6.07) is 8.57. The number of benzene rings is 2. The van der Waals surface area contributed by atoms with Crippen LogP contribution in [0, 0.1) is 5.82 Å². The molecule has 1 heterocycles. The van der Waals surface area contributed by atoms with Crippen LogP contribution in [0.4, 0.5) is 17.6 Å². The lowest BCUT2D eigenvalue weighted by atomic mass is 9.90. The molecule has 4 N–H and O–H groups in total. The minimum Gasteiger partial charge on any atom is -0.369 e. The molecule has 0 aliphatic carbocycles. The zero-order valence-electron chi connectivity index (χ0n) is 15.0. The first-order chi connectivity index (χ1) is 13.9. The largest absolute Gasteiger partial charge is 0.419 e. The zero-order chi connectivity index (χ0) is 22.3. The fraction of sp³-hybridized carbons (Fsp3) is 0.111. The third-order valence-corrected chi connectivity index (χ3v) is 5.22. The molecular formula is C18H14F4N4O3S. The summed E-state index contributed by atoms with van der Waals surface area (Å²) >= 11 is 0. The van der Waals surface area contributed by atoms with Crippen molar-refractivity contribution in [1.29, 1.82) is 0 Å². The van der Waals surface area contributed by atoms with E-state index < -0.39 is 44.3 Å². The van der Waals surface area contributed by atoms with Crippen molar-refractivity contribution in [2.75, 3.05) is 0 Å². The van der Waals surface area contributed by atoms with Crippen LogP contribution in [0.3, 0.4) is 0 Å². The number of sulfonamides is 1. The minimum atomic E-state index is -4.69. The van der Waals surface area contributed by atoms with E-state index >= 15 is 0 Å². The van der Waals surface area contributed by atoms with Gasteiger partial charge in [-0.25, -0.2) is 22.6 Å². The Balaban J connectivity index is 2.19. The first kappa shape index (κ1) is 21.5. The Morgan fingerprint density at radius 1 is 1.13 bits per heavy atom. The monoisotopic (exact) mass is 442 g/mol. The molecule has 1 atom stereocenters. The average molecular weight is 442 g/mol. The summed E-state index contributed by atoms with van der Waals surface area (Å²) in [4.78, 5) is 11.4. The molecule has 1 unspecified atom stereocenters. The molecule has 0 saturated carbocycles. The first-order valence-corrected chi connectivity index (χ1v) is 9.77. The van der Waals surface area contributed by atoms with Crippen LogP contribution in [0.15, 0.2) is 59.8 Å². The molecule has 7 nitrogen and oxygen atoms in total. The van der Waals surface area contributed by atoms with Gasteiger partial charge in [0.05, 0.1) is 23.4 Å². The number of rotatable bonds is 5. The molecule has 158 valence electrons. The van der Waals surface area contributed by atoms with E-state index in [1.165, 1.54) is 24.3 Å². The molecule has 0 aliphatic heterocycles. The molecule has 12 heteroatoms. The Kier molecular flexibility index (Phi) is 5.39. The Morgan fingerprint density at radius 3 is 2.33 bits per heavy atom. The molecule has 1 aromatic heterocycles. The van der Waals surface area contributed by atoms with Crippen molar-refractivity contribution in [3.8, 4) is 5.69 Å². The number of aromatic nitrogens is 2. The fourth-order valence-corrected chi connectivity index (χ4v) is 3.69. The molecule has 0 bridgehead atoms. The predicted molar refractivity (Wildman–Crippen MR) is 97.4 cm³/mol. The van der Waals surface area contributed by atoms with E-state index in [-0.39, 0.29) is 16.8 Å². The Bertz CT molecular complexity index is 1220. The number of primary amides is 1. The zero-order valence-corrected chi connectivity index (χ0v) is 15.8. The van der Waals surface area contributed by atoms with Crippen LogP contribution < -0.4 is 10.9 Å². The highest BCUT2D eigenvalue weighted by molar-refractivity contribution is 7.89. The number of hydrogen-bond donors (Lipinski definition) is 2. The van der Waals surface area contributed by atoms with Crippen LogP contribution in [0.1, 0.15) is 22.6 Å². The molecule has 3 rings (SSSR count). The normalized spacial score (nSPS) is 13.2. The minimum absolute atomic E-state index is 0.0106. The molecule has 0 fully saturated rings. The molecule has 0 aliphatic rings. The summed E-state index contributed by atoms with van der Waals surface area (Å²) in [6.45, 7) is 0. The third-order valence-electron chi connectivity index (χ3n) is 4.28. The van der Waals surface area contributed by atoms with Gasteiger partial charge in [0.1, 0.15) is 10.7 Å². The second kappa shape index (κ2) is 7.54. The van der Waals surface area contributed by atoms with Crippen LogP contribution in [0.25, 0.3) is 5.69 Å². The highest BCUT2D eigenvalue weighted by Crippen LogP contribution is 2.32. The topological polar surface area (TPSA) is 121 Å². The Hall–Kier alpha value is -3.25. The summed E-state index contributed by atoms with van der Waals surface area (Å²) in [6.07, 6.45) is -3.58. The van der Waals surface area contributed by atoms with E-state index in [1.807, 2.05) is 0 Å². The SMILES string of the molecule is NC(=O)C(c1ccc(-n2cc(C(F)(F)F)cn2)c(S(N)(=O)=O)c1)c1ccccc1F. The van der Waals surface area contributed by atoms with Crippen molar-refractivity contribution in [3.05, 3.63) is 77.4 Å². The second-order valence-electron chi connectivity index (χ2n) is 6.30. The van der Waals surface area contributed by atoms with Gasteiger partial charge in [0.15, 0.2) is 0 Å². The number of amides is 1. The van der Waals surface area contributed by atoms with Gasteiger partial charge in [-0.1, -0.05) is 24.3 Å². The van der Waals surface area contributed by atoms with Crippen molar-refractivity contribution in [1.82, 2.24) is 9.78 Å². The van der Waals surface area contributed by atoms with E-state index in [9.17, 15) is 30.8 Å². The standard InChI is InChI=1S/C18H14F4N4O3S/c19-13-4-2-1-3-12(13)16(17(23)27)10-5-6-14(15(7-10)30(24,28)29)26-9-11(8-25-26)18(20,21)22/h1-9,16H,(H2,23,27)(H2,24,28,29). The van der Waals surface area contributed by atoms with E-state index in [0.717, 1.165) is 18.2 Å². The third kappa shape index (κ3) is 4.19. The first-order valence-electron chi connectivity index (χ1n) is 8.22. The second-order valence-corrected chi connectivity index (χ2v) is 7.83. The van der Waals surface area contributed by atoms with Gasteiger partial charge in [-0.3, -0.25) is 4.79 Å². The number of nitrogens with two attached hydrogens (primary N) is 2. The summed E-state index contributed by atoms with van der Waals surface area (Å²) < 4.78 is 77.7. The number of hydrogen-bond acceptors (Lipinski definition) is 4. The lowest BCUT2D eigenvalue weighted by Crippen LogP contribution is -2.24. The van der Waals surface area contributed by atoms with E-state index in [1.54, 1.807) is 0 Å².